The topological polar surface area (TPSA) is 43.3 Å². The molecule has 5 nitrogen and oxygen atoms in total. The molecule has 0 saturated heterocycles. The van der Waals surface area contributed by atoms with Crippen LogP contribution in [0.15, 0.2) is 108 Å². The van der Waals surface area contributed by atoms with Gasteiger partial charge in [0.25, 0.3) is 0 Å². The molecule has 4 aromatic rings. The van der Waals surface area contributed by atoms with Gasteiger partial charge in [-0.15, -0.1) is 17.0 Å². The first-order valence-corrected chi connectivity index (χ1v) is 13.1. The van der Waals surface area contributed by atoms with Gasteiger partial charge in [-0.1, -0.05) is 78.5 Å². The van der Waals surface area contributed by atoms with Crippen LogP contribution in [0.2, 0.25) is 0 Å². The highest BCUT2D eigenvalue weighted by Crippen LogP contribution is 2.30. The lowest BCUT2D eigenvalue weighted by Crippen LogP contribution is -2.28. The number of benzene rings is 4. The third kappa shape index (κ3) is 8.30. The Labute approximate surface area is 240 Å². The number of thioether (sulfide) groups is 1. The summed E-state index contributed by atoms with van der Waals surface area (Å²) in [7, 11) is 5.05. The molecule has 0 atom stereocenters. The van der Waals surface area contributed by atoms with Crippen LogP contribution in [-0.4, -0.2) is 31.4 Å². The Bertz CT molecular complexity index is 1230. The van der Waals surface area contributed by atoms with Crippen molar-refractivity contribution in [3.8, 4) is 17.2 Å². The predicted octanol–water partition coefficient (Wildman–Crippen LogP) is 7.91. The molecule has 0 aliphatic carbocycles. The molecule has 0 N–H and O–H groups in total. The molecule has 0 bridgehead atoms. The van der Waals surface area contributed by atoms with Crippen molar-refractivity contribution >= 4 is 39.6 Å². The summed E-state index contributed by atoms with van der Waals surface area (Å²) in [6, 6.07) is 34.7. The second-order valence-corrected chi connectivity index (χ2v) is 9.34. The van der Waals surface area contributed by atoms with E-state index in [1.807, 2.05) is 54.6 Å². The monoisotopic (exact) mass is 592 g/mol. The van der Waals surface area contributed by atoms with Gasteiger partial charge < -0.3 is 19.1 Å². The van der Waals surface area contributed by atoms with Gasteiger partial charge in [-0.3, -0.25) is 0 Å². The molecule has 4 aromatic carbocycles. The van der Waals surface area contributed by atoms with Crippen LogP contribution in [0.5, 0.6) is 17.2 Å². The molecule has 0 aromatic heterocycles. The summed E-state index contributed by atoms with van der Waals surface area (Å²) >= 11 is 1.72. The van der Waals surface area contributed by atoms with E-state index in [1.165, 1.54) is 16.7 Å². The minimum Gasteiger partial charge on any atom is -0.497 e. The van der Waals surface area contributed by atoms with Gasteiger partial charge in [0, 0.05) is 18.8 Å². The number of para-hydroxylation sites is 2. The Morgan fingerprint density at radius 2 is 1.16 bits per heavy atom. The summed E-state index contributed by atoms with van der Waals surface area (Å²) < 4.78 is 16.3. The molecule has 0 aliphatic rings. The molecular formula is C31H33BrN2O3S. The maximum absolute atomic E-state index is 5.61. The van der Waals surface area contributed by atoms with Gasteiger partial charge in [0.05, 0.1) is 21.3 Å². The molecule has 0 spiro atoms. The molecule has 0 amide bonds. The fraction of sp³-hybridized carbons (Fsp3) is 0.194. The highest BCUT2D eigenvalue weighted by atomic mass is 79.9. The Balaban J connectivity index is 0.00000400. The van der Waals surface area contributed by atoms with E-state index in [2.05, 4.69) is 53.4 Å². The summed E-state index contributed by atoms with van der Waals surface area (Å²) in [6.45, 7) is 1.37. The van der Waals surface area contributed by atoms with Gasteiger partial charge in [-0.05, 0) is 53.1 Å². The quantitative estimate of drug-likeness (QED) is 0.138. The maximum atomic E-state index is 5.61. The summed E-state index contributed by atoms with van der Waals surface area (Å²) in [5, 5.41) is 0.917. The van der Waals surface area contributed by atoms with E-state index in [9.17, 15) is 0 Å². The number of rotatable bonds is 10. The van der Waals surface area contributed by atoms with Crippen LogP contribution in [0, 0.1) is 0 Å². The summed E-state index contributed by atoms with van der Waals surface area (Å²) in [5.41, 5.74) is 4.38. The third-order valence-electron chi connectivity index (χ3n) is 5.85. The van der Waals surface area contributed by atoms with Gasteiger partial charge in [0.15, 0.2) is 5.17 Å². The van der Waals surface area contributed by atoms with Crippen LogP contribution < -0.4 is 14.2 Å². The van der Waals surface area contributed by atoms with Crippen molar-refractivity contribution in [3.63, 3.8) is 0 Å². The highest BCUT2D eigenvalue weighted by Gasteiger charge is 2.16. The Morgan fingerprint density at radius 1 is 0.632 bits per heavy atom. The van der Waals surface area contributed by atoms with Crippen molar-refractivity contribution in [2.75, 3.05) is 21.3 Å². The summed E-state index contributed by atoms with van der Waals surface area (Å²) in [4.78, 5) is 7.44. The van der Waals surface area contributed by atoms with E-state index in [1.54, 1.807) is 33.1 Å². The smallest absolute Gasteiger partial charge is 0.165 e. The zero-order chi connectivity index (χ0) is 25.9. The largest absolute Gasteiger partial charge is 0.497 e. The van der Waals surface area contributed by atoms with Crippen molar-refractivity contribution in [3.05, 3.63) is 120 Å². The first kappa shape index (κ1) is 29.1. The molecule has 4 rings (SSSR count). The molecule has 0 aliphatic heterocycles. The molecule has 0 saturated carbocycles. The minimum atomic E-state index is 0. The molecular weight excluding hydrogens is 560 g/mol. The second-order valence-electron chi connectivity index (χ2n) is 8.39. The van der Waals surface area contributed by atoms with E-state index in [0.717, 1.165) is 33.9 Å². The maximum Gasteiger partial charge on any atom is 0.165 e. The van der Waals surface area contributed by atoms with E-state index < -0.39 is 0 Å². The molecule has 0 radical (unpaired) electrons. The van der Waals surface area contributed by atoms with Crippen LogP contribution in [0.1, 0.15) is 16.7 Å². The lowest BCUT2D eigenvalue weighted by Gasteiger charge is -2.27. The fourth-order valence-corrected chi connectivity index (χ4v) is 4.80. The van der Waals surface area contributed by atoms with Crippen LogP contribution in [-0.2, 0) is 18.8 Å². The number of hydrogen-bond acceptors (Lipinski definition) is 5. The highest BCUT2D eigenvalue weighted by molar-refractivity contribution is 8.93. The average molecular weight is 594 g/mol. The summed E-state index contributed by atoms with van der Waals surface area (Å²) in [6.07, 6.45) is 0. The zero-order valence-electron chi connectivity index (χ0n) is 21.9. The van der Waals surface area contributed by atoms with E-state index in [0.29, 0.717) is 13.1 Å². The van der Waals surface area contributed by atoms with Crippen LogP contribution in [0.3, 0.4) is 0 Å². The van der Waals surface area contributed by atoms with E-state index in [-0.39, 0.29) is 17.0 Å². The number of hydrogen-bond donors (Lipinski definition) is 0. The fourth-order valence-electron chi connectivity index (χ4n) is 3.84. The van der Waals surface area contributed by atoms with Crippen LogP contribution in [0.4, 0.5) is 5.69 Å². The van der Waals surface area contributed by atoms with E-state index >= 15 is 0 Å². The van der Waals surface area contributed by atoms with Gasteiger partial charge in [-0.2, -0.15) is 0 Å². The Hall–Kier alpha value is -3.42. The number of amidine groups is 1. The van der Waals surface area contributed by atoms with Crippen molar-refractivity contribution in [2.24, 2.45) is 4.99 Å². The molecule has 0 heterocycles. The average Bonchev–Trinajstić information content (AvgIpc) is 2.96. The predicted molar refractivity (Wildman–Crippen MR) is 163 cm³/mol. The van der Waals surface area contributed by atoms with Crippen molar-refractivity contribution in [2.45, 2.75) is 18.8 Å². The van der Waals surface area contributed by atoms with Crippen LogP contribution in [0.25, 0.3) is 0 Å². The lowest BCUT2D eigenvalue weighted by atomic mass is 10.1. The van der Waals surface area contributed by atoms with Crippen molar-refractivity contribution < 1.29 is 14.2 Å². The molecule has 7 heteroatoms. The third-order valence-corrected chi connectivity index (χ3v) is 6.93. The zero-order valence-corrected chi connectivity index (χ0v) is 24.4. The first-order valence-electron chi connectivity index (χ1n) is 12.1. The summed E-state index contributed by atoms with van der Waals surface area (Å²) in [5.74, 6) is 3.23. The van der Waals surface area contributed by atoms with E-state index in [4.69, 9.17) is 19.2 Å². The molecule has 38 heavy (non-hydrogen) atoms. The number of ether oxygens (including phenoxy) is 3. The SMILES string of the molecule is Br.COc1ccc(CN(Cc2ccc(OC)cc2)C(=Nc2ccccc2OC)SCc2ccccc2)cc1. The Morgan fingerprint density at radius 3 is 1.68 bits per heavy atom. The van der Waals surface area contributed by atoms with Gasteiger partial charge in [-0.25, -0.2) is 4.99 Å². The minimum absolute atomic E-state index is 0. The van der Waals surface area contributed by atoms with Crippen LogP contribution >= 0.6 is 28.7 Å². The normalized spacial score (nSPS) is 10.9. The number of aliphatic imine (C=N–C) groups is 1. The van der Waals surface area contributed by atoms with Gasteiger partial charge in [0.2, 0.25) is 0 Å². The lowest BCUT2D eigenvalue weighted by molar-refractivity contribution is 0.404. The molecule has 0 fully saturated rings. The Kier molecular flexibility index (Phi) is 11.6. The standard InChI is InChI=1S/C31H32N2O3S.BrH/c1-34-27-17-13-24(14-18-27)21-33(22-25-15-19-28(35-2)20-16-25)31(37-23-26-9-5-4-6-10-26)32-29-11-7-8-12-30(29)36-3;/h4-20H,21-23H2,1-3H3;1H. The van der Waals surface area contributed by atoms with Crippen molar-refractivity contribution in [1.82, 2.24) is 4.90 Å². The number of methoxy groups -OCH3 is 3. The molecule has 0 unspecified atom stereocenters. The number of nitrogens with zero attached hydrogens (tertiary/aromatic N) is 2. The number of halogens is 1. The first-order chi connectivity index (χ1) is 18.2. The van der Waals surface area contributed by atoms with Gasteiger partial charge in [0.1, 0.15) is 22.9 Å². The van der Waals surface area contributed by atoms with Crippen molar-refractivity contribution in [1.29, 1.82) is 0 Å². The molecule has 198 valence electrons. The second kappa shape index (κ2) is 15.1. The van der Waals surface area contributed by atoms with Gasteiger partial charge >= 0.3 is 0 Å².